The Morgan fingerprint density at radius 3 is 2.15 bits per heavy atom. The van der Waals surface area contributed by atoms with Gasteiger partial charge in [-0.05, 0) is 48.6 Å². The van der Waals surface area contributed by atoms with Gasteiger partial charge in [0.1, 0.15) is 0 Å². The summed E-state index contributed by atoms with van der Waals surface area (Å²) < 4.78 is 53.6. The molecule has 0 unspecified atom stereocenters. The molecule has 0 bridgehead atoms. The van der Waals surface area contributed by atoms with Crippen LogP contribution in [0.4, 0.5) is 0 Å². The van der Waals surface area contributed by atoms with Crippen LogP contribution in [0.5, 0.6) is 0 Å². The first-order valence-corrected chi connectivity index (χ1v) is 11.6. The minimum absolute atomic E-state index is 0.0176. The molecule has 3 rings (SSSR count). The molecule has 0 aliphatic heterocycles. The van der Waals surface area contributed by atoms with E-state index in [9.17, 15) is 16.8 Å². The van der Waals surface area contributed by atoms with Crippen molar-refractivity contribution in [1.29, 1.82) is 0 Å². The second kappa shape index (κ2) is 7.35. The highest BCUT2D eigenvalue weighted by Crippen LogP contribution is 2.36. The van der Waals surface area contributed by atoms with Crippen LogP contribution in [0.1, 0.15) is 30.0 Å². The molecule has 8 heteroatoms. The van der Waals surface area contributed by atoms with Gasteiger partial charge in [0.05, 0.1) is 9.79 Å². The molecule has 2 aromatic rings. The maximum atomic E-state index is 13.2. The summed E-state index contributed by atoms with van der Waals surface area (Å²) in [6.07, 6.45) is 2.59. The van der Waals surface area contributed by atoms with E-state index < -0.39 is 20.0 Å². The van der Waals surface area contributed by atoms with Crippen molar-refractivity contribution >= 4 is 20.0 Å². The summed E-state index contributed by atoms with van der Waals surface area (Å²) in [5.41, 5.74) is 2.19. The lowest BCUT2D eigenvalue weighted by Crippen LogP contribution is -2.33. The second-order valence-corrected chi connectivity index (χ2v) is 11.0. The molecule has 0 N–H and O–H groups in total. The number of aryl methyl sites for hydroxylation is 1. The van der Waals surface area contributed by atoms with Gasteiger partial charge in [0.2, 0.25) is 20.0 Å². The van der Waals surface area contributed by atoms with E-state index in [4.69, 9.17) is 0 Å². The predicted octanol–water partition coefficient (Wildman–Crippen LogP) is 2.64. The molecule has 0 radical (unpaired) electrons. The van der Waals surface area contributed by atoms with Crippen LogP contribution in [0.3, 0.4) is 0 Å². The highest BCUT2D eigenvalue weighted by molar-refractivity contribution is 7.90. The Morgan fingerprint density at radius 2 is 1.48 bits per heavy atom. The number of fused-ring (bicyclic) bond motifs is 1. The normalized spacial score (nSPS) is 17.9. The van der Waals surface area contributed by atoms with Gasteiger partial charge in [-0.25, -0.2) is 21.1 Å². The molecule has 0 spiro atoms. The van der Waals surface area contributed by atoms with Gasteiger partial charge in [0, 0.05) is 27.2 Å². The summed E-state index contributed by atoms with van der Waals surface area (Å²) in [7, 11) is -3.15. The van der Waals surface area contributed by atoms with Crippen LogP contribution < -0.4 is 0 Å². The fraction of sp³-hybridized carbons (Fsp3) is 0.368. The van der Waals surface area contributed by atoms with Gasteiger partial charge in [-0.1, -0.05) is 30.3 Å². The van der Waals surface area contributed by atoms with E-state index in [0.29, 0.717) is 0 Å². The summed E-state index contributed by atoms with van der Waals surface area (Å²) >= 11 is 0. The van der Waals surface area contributed by atoms with Gasteiger partial charge in [-0.2, -0.15) is 4.31 Å². The van der Waals surface area contributed by atoms with Gasteiger partial charge in [0.15, 0.2) is 0 Å². The minimum Gasteiger partial charge on any atom is -0.207 e. The van der Waals surface area contributed by atoms with Crippen LogP contribution in [-0.2, 0) is 26.5 Å². The van der Waals surface area contributed by atoms with Crippen LogP contribution in [0.25, 0.3) is 0 Å². The van der Waals surface area contributed by atoms with Crippen molar-refractivity contribution in [2.24, 2.45) is 0 Å². The number of rotatable bonds is 5. The number of hydrogen-bond acceptors (Lipinski definition) is 4. The fourth-order valence-corrected chi connectivity index (χ4v) is 5.88. The summed E-state index contributed by atoms with van der Waals surface area (Å²) in [5, 5.41) is 0. The second-order valence-electron chi connectivity index (χ2n) is 6.89. The third kappa shape index (κ3) is 3.67. The molecule has 1 atom stereocenters. The molecule has 2 aromatic carbocycles. The summed E-state index contributed by atoms with van der Waals surface area (Å²) in [5.74, 6) is 0. The number of nitrogens with zero attached hydrogens (tertiary/aromatic N) is 2. The molecule has 1 aliphatic rings. The lowest BCUT2D eigenvalue weighted by molar-refractivity contribution is 0.337. The van der Waals surface area contributed by atoms with E-state index in [1.807, 2.05) is 24.3 Å². The van der Waals surface area contributed by atoms with Crippen molar-refractivity contribution in [3.63, 3.8) is 0 Å². The highest BCUT2D eigenvalue weighted by Gasteiger charge is 2.32. The van der Waals surface area contributed by atoms with Gasteiger partial charge in [0.25, 0.3) is 0 Å². The standard InChI is InChI=1S/C19H24N2O4S2/c1-20(2)26(22,23)16-10-7-11-17(14-16)27(24,25)21(3)19-13-6-9-15-8-4-5-12-18(15)19/h4-5,7-8,10-12,14,19H,6,9,13H2,1-3H3/t19-/m1/s1. The third-order valence-electron chi connectivity index (χ3n) is 5.04. The number of sulfonamides is 2. The van der Waals surface area contributed by atoms with Crippen LogP contribution in [0.15, 0.2) is 58.3 Å². The number of hydrogen-bond donors (Lipinski definition) is 0. The Balaban J connectivity index is 2.01. The van der Waals surface area contributed by atoms with Crippen molar-refractivity contribution < 1.29 is 16.8 Å². The zero-order chi connectivity index (χ0) is 19.8. The topological polar surface area (TPSA) is 74.8 Å². The SMILES string of the molecule is CN(C)S(=O)(=O)c1cccc(S(=O)(=O)N(C)[C@@H]2CCCc3ccccc32)c1. The predicted molar refractivity (Wildman–Crippen MR) is 104 cm³/mol. The first-order chi connectivity index (χ1) is 12.7. The first kappa shape index (κ1) is 20.0. The molecule has 6 nitrogen and oxygen atoms in total. The third-order valence-corrected chi connectivity index (χ3v) is 8.71. The number of benzene rings is 2. The summed E-state index contributed by atoms with van der Waals surface area (Å²) in [6.45, 7) is 0. The zero-order valence-electron chi connectivity index (χ0n) is 15.7. The lowest BCUT2D eigenvalue weighted by atomic mass is 9.88. The van der Waals surface area contributed by atoms with Crippen LogP contribution in [0, 0.1) is 0 Å². The smallest absolute Gasteiger partial charge is 0.207 e. The highest BCUT2D eigenvalue weighted by atomic mass is 32.2. The van der Waals surface area contributed by atoms with Gasteiger partial charge in [-0.15, -0.1) is 0 Å². The molecule has 146 valence electrons. The quantitative estimate of drug-likeness (QED) is 0.762. The summed E-state index contributed by atoms with van der Waals surface area (Å²) in [4.78, 5) is -0.0537. The van der Waals surface area contributed by atoms with Gasteiger partial charge >= 0.3 is 0 Å². The summed E-state index contributed by atoms with van der Waals surface area (Å²) in [6, 6.07) is 13.2. The van der Waals surface area contributed by atoms with Crippen LogP contribution in [0.2, 0.25) is 0 Å². The van der Waals surface area contributed by atoms with Crippen LogP contribution in [-0.4, -0.2) is 46.6 Å². The Bertz CT molecular complexity index is 1050. The Hall–Kier alpha value is -1.74. The molecule has 0 aromatic heterocycles. The van der Waals surface area contributed by atoms with Crippen molar-refractivity contribution in [2.75, 3.05) is 21.1 Å². The van der Waals surface area contributed by atoms with Crippen molar-refractivity contribution in [3.8, 4) is 0 Å². The zero-order valence-corrected chi connectivity index (χ0v) is 17.3. The van der Waals surface area contributed by atoms with E-state index in [1.54, 1.807) is 7.05 Å². The van der Waals surface area contributed by atoms with E-state index in [0.717, 1.165) is 29.1 Å². The molecular weight excluding hydrogens is 384 g/mol. The van der Waals surface area contributed by atoms with E-state index >= 15 is 0 Å². The molecule has 0 amide bonds. The first-order valence-electron chi connectivity index (χ1n) is 8.74. The molecule has 0 heterocycles. The molecule has 27 heavy (non-hydrogen) atoms. The monoisotopic (exact) mass is 408 g/mol. The molecule has 1 aliphatic carbocycles. The Kier molecular flexibility index (Phi) is 5.45. The maximum absolute atomic E-state index is 13.2. The molecular formula is C19H24N2O4S2. The van der Waals surface area contributed by atoms with Crippen molar-refractivity contribution in [2.45, 2.75) is 35.1 Å². The van der Waals surface area contributed by atoms with Crippen molar-refractivity contribution in [1.82, 2.24) is 8.61 Å². The fourth-order valence-electron chi connectivity index (χ4n) is 3.45. The van der Waals surface area contributed by atoms with E-state index in [1.165, 1.54) is 48.2 Å². The van der Waals surface area contributed by atoms with E-state index in [-0.39, 0.29) is 15.8 Å². The minimum atomic E-state index is -3.84. The van der Waals surface area contributed by atoms with Crippen LogP contribution >= 0.6 is 0 Å². The van der Waals surface area contributed by atoms with Crippen molar-refractivity contribution in [3.05, 3.63) is 59.7 Å². The van der Waals surface area contributed by atoms with E-state index in [2.05, 4.69) is 0 Å². The Morgan fingerprint density at radius 1 is 0.852 bits per heavy atom. The molecule has 0 saturated heterocycles. The Labute approximate surface area is 161 Å². The largest absolute Gasteiger partial charge is 0.243 e. The maximum Gasteiger partial charge on any atom is 0.243 e. The lowest BCUT2D eigenvalue weighted by Gasteiger charge is -2.32. The molecule has 0 fully saturated rings. The molecule has 0 saturated carbocycles. The van der Waals surface area contributed by atoms with Gasteiger partial charge in [-0.3, -0.25) is 0 Å². The average molecular weight is 409 g/mol. The average Bonchev–Trinajstić information content (AvgIpc) is 2.67. The van der Waals surface area contributed by atoms with Gasteiger partial charge < -0.3 is 0 Å².